The van der Waals surface area contributed by atoms with Gasteiger partial charge in [0.1, 0.15) is 34.7 Å². The number of methoxy groups -OCH3 is 1. The van der Waals surface area contributed by atoms with E-state index in [0.717, 1.165) is 11.3 Å². The molecule has 0 radical (unpaired) electrons. The molecule has 0 unspecified atom stereocenters. The molecule has 1 atom stereocenters. The number of furan rings is 1. The van der Waals surface area contributed by atoms with Crippen molar-refractivity contribution >= 4 is 5.78 Å². The van der Waals surface area contributed by atoms with Gasteiger partial charge in [-0.05, 0) is 41.8 Å². The van der Waals surface area contributed by atoms with Crippen LogP contribution in [0.4, 0.5) is 0 Å². The maximum Gasteiger partial charge on any atom is 0.205 e. The third kappa shape index (κ3) is 3.29. The molecule has 148 valence electrons. The van der Waals surface area contributed by atoms with Gasteiger partial charge in [-0.25, -0.2) is 0 Å². The monoisotopic (exact) mass is 390 g/mol. The van der Waals surface area contributed by atoms with Crippen molar-refractivity contribution in [3.8, 4) is 23.1 Å². The molecule has 2 N–H and O–H groups in total. The van der Waals surface area contributed by atoms with E-state index in [1.54, 1.807) is 13.2 Å². The lowest BCUT2D eigenvalue weighted by Gasteiger charge is -2.36. The number of carbonyl (C=O) groups is 1. The number of allylic oxidation sites excluding steroid dienone is 3. The molecule has 2 aromatic rings. The first-order valence-corrected chi connectivity index (χ1v) is 9.41. The highest BCUT2D eigenvalue weighted by Gasteiger charge is 2.44. The number of ketones is 1. The summed E-state index contributed by atoms with van der Waals surface area (Å²) in [6, 6.07) is 13.2. The van der Waals surface area contributed by atoms with Crippen LogP contribution in [0.3, 0.4) is 0 Å². The zero-order valence-electron chi connectivity index (χ0n) is 16.6. The van der Waals surface area contributed by atoms with Gasteiger partial charge >= 0.3 is 0 Å². The third-order valence-electron chi connectivity index (χ3n) is 5.36. The molecule has 0 saturated heterocycles. The highest BCUT2D eigenvalue weighted by molar-refractivity contribution is 5.99. The van der Waals surface area contributed by atoms with Crippen LogP contribution in [0.5, 0.6) is 5.75 Å². The summed E-state index contributed by atoms with van der Waals surface area (Å²) in [4.78, 5) is 13.0. The number of benzene rings is 1. The number of ether oxygens (including phenoxy) is 2. The number of carbonyl (C=O) groups excluding carboxylic acids is 1. The van der Waals surface area contributed by atoms with Gasteiger partial charge < -0.3 is 19.6 Å². The van der Waals surface area contributed by atoms with Gasteiger partial charge in [-0.2, -0.15) is 5.26 Å². The number of nitrogens with two attached hydrogens (primary N) is 1. The first-order valence-electron chi connectivity index (χ1n) is 9.41. The van der Waals surface area contributed by atoms with Crippen LogP contribution in [0.1, 0.15) is 38.4 Å². The van der Waals surface area contributed by atoms with Gasteiger partial charge in [0, 0.05) is 24.0 Å². The molecule has 1 aliphatic carbocycles. The lowest BCUT2D eigenvalue weighted by Crippen LogP contribution is -2.33. The van der Waals surface area contributed by atoms with Crippen LogP contribution in [0.15, 0.2) is 63.6 Å². The van der Waals surface area contributed by atoms with E-state index in [4.69, 9.17) is 19.6 Å². The van der Waals surface area contributed by atoms with Crippen LogP contribution in [0, 0.1) is 16.7 Å². The highest BCUT2D eigenvalue weighted by atomic mass is 16.5. The van der Waals surface area contributed by atoms with E-state index in [-0.39, 0.29) is 22.7 Å². The Kier molecular flexibility index (Phi) is 4.46. The van der Waals surface area contributed by atoms with E-state index in [1.807, 2.05) is 44.2 Å². The zero-order valence-corrected chi connectivity index (χ0v) is 16.6. The standard InChI is InChI=1S/C23H22N2O4/c1-23(2)10-16(26)21-19(11-23)29-22(25)15(12-24)20(21)18-9-8-17(28-18)13-4-6-14(27-3)7-5-13/h4-9,20H,10-11,25H2,1-3H3/t20-/m0/s1. The average molecular weight is 390 g/mol. The van der Waals surface area contributed by atoms with E-state index in [0.29, 0.717) is 35.7 Å². The summed E-state index contributed by atoms with van der Waals surface area (Å²) in [5.74, 6) is 1.76. The second kappa shape index (κ2) is 6.85. The minimum atomic E-state index is -0.653. The molecule has 29 heavy (non-hydrogen) atoms. The Morgan fingerprint density at radius 2 is 1.90 bits per heavy atom. The van der Waals surface area contributed by atoms with Crippen LogP contribution in [-0.4, -0.2) is 12.9 Å². The Balaban J connectivity index is 1.78. The Morgan fingerprint density at radius 3 is 2.55 bits per heavy atom. The molecular weight excluding hydrogens is 368 g/mol. The van der Waals surface area contributed by atoms with Crippen molar-refractivity contribution in [1.29, 1.82) is 5.26 Å². The number of nitrogens with zero attached hydrogens (tertiary/aromatic N) is 1. The summed E-state index contributed by atoms with van der Waals surface area (Å²) in [6.07, 6.45) is 0.965. The minimum Gasteiger partial charge on any atom is -0.497 e. The van der Waals surface area contributed by atoms with Crippen molar-refractivity contribution in [3.05, 3.63) is 64.9 Å². The molecule has 0 fully saturated rings. The maximum absolute atomic E-state index is 13.0. The van der Waals surface area contributed by atoms with Gasteiger partial charge in [0.2, 0.25) is 5.88 Å². The first-order chi connectivity index (χ1) is 13.8. The fourth-order valence-electron chi connectivity index (χ4n) is 3.99. The van der Waals surface area contributed by atoms with Crippen LogP contribution in [0.25, 0.3) is 11.3 Å². The molecule has 6 nitrogen and oxygen atoms in total. The lowest BCUT2D eigenvalue weighted by atomic mass is 9.71. The van der Waals surface area contributed by atoms with Crippen molar-refractivity contribution in [1.82, 2.24) is 0 Å². The van der Waals surface area contributed by atoms with E-state index in [1.165, 1.54) is 0 Å². The smallest absolute Gasteiger partial charge is 0.205 e. The summed E-state index contributed by atoms with van der Waals surface area (Å²) in [5.41, 5.74) is 7.37. The van der Waals surface area contributed by atoms with Crippen molar-refractivity contribution in [2.24, 2.45) is 11.1 Å². The molecule has 0 bridgehead atoms. The fourth-order valence-corrected chi connectivity index (χ4v) is 3.99. The molecule has 2 aliphatic rings. The van der Waals surface area contributed by atoms with Crippen molar-refractivity contribution in [2.75, 3.05) is 7.11 Å². The molecule has 0 saturated carbocycles. The fraction of sp³-hybridized carbons (Fsp3) is 0.304. The highest BCUT2D eigenvalue weighted by Crippen LogP contribution is 2.48. The molecule has 0 spiro atoms. The molecule has 2 heterocycles. The van der Waals surface area contributed by atoms with E-state index >= 15 is 0 Å². The Bertz CT molecular complexity index is 1080. The summed E-state index contributed by atoms with van der Waals surface area (Å²) in [6.45, 7) is 4.03. The number of nitriles is 1. The Labute approximate surface area is 169 Å². The molecule has 6 heteroatoms. The number of Topliss-reactive ketones (excluding diaryl/α,β-unsaturated/α-hetero) is 1. The largest absolute Gasteiger partial charge is 0.497 e. The number of hydrogen-bond donors (Lipinski definition) is 1. The third-order valence-corrected chi connectivity index (χ3v) is 5.36. The van der Waals surface area contributed by atoms with Gasteiger partial charge in [0.15, 0.2) is 5.78 Å². The van der Waals surface area contributed by atoms with Gasteiger partial charge in [-0.15, -0.1) is 0 Å². The molecule has 1 aromatic carbocycles. The second-order valence-electron chi connectivity index (χ2n) is 8.13. The quantitative estimate of drug-likeness (QED) is 0.834. The zero-order chi connectivity index (χ0) is 20.8. The molecular formula is C23H22N2O4. The number of hydrogen-bond acceptors (Lipinski definition) is 6. The van der Waals surface area contributed by atoms with E-state index in [2.05, 4.69) is 6.07 Å². The van der Waals surface area contributed by atoms with Gasteiger partial charge in [0.25, 0.3) is 0 Å². The molecule has 4 rings (SSSR count). The van der Waals surface area contributed by atoms with Gasteiger partial charge in [-0.1, -0.05) is 13.8 Å². The maximum atomic E-state index is 13.0. The summed E-state index contributed by atoms with van der Waals surface area (Å²) < 4.78 is 17.0. The van der Waals surface area contributed by atoms with Crippen molar-refractivity contribution < 1.29 is 18.7 Å². The topological polar surface area (TPSA) is 98.5 Å². The minimum absolute atomic E-state index is 0.0316. The van der Waals surface area contributed by atoms with E-state index < -0.39 is 5.92 Å². The number of rotatable bonds is 3. The summed E-state index contributed by atoms with van der Waals surface area (Å²) in [5, 5.41) is 9.70. The predicted octanol–water partition coefficient (Wildman–Crippen LogP) is 4.41. The SMILES string of the molecule is COc1ccc(-c2ccc([C@@H]3C(C#N)=C(N)OC4=C3C(=O)CC(C)(C)C4)o2)cc1. The summed E-state index contributed by atoms with van der Waals surface area (Å²) in [7, 11) is 1.61. The lowest BCUT2D eigenvalue weighted by molar-refractivity contribution is -0.119. The van der Waals surface area contributed by atoms with Gasteiger partial charge in [0.05, 0.1) is 13.0 Å². The Morgan fingerprint density at radius 1 is 1.17 bits per heavy atom. The van der Waals surface area contributed by atoms with Crippen LogP contribution >= 0.6 is 0 Å². The molecule has 1 aromatic heterocycles. The predicted molar refractivity (Wildman–Crippen MR) is 106 cm³/mol. The Hall–Kier alpha value is -3.46. The van der Waals surface area contributed by atoms with Gasteiger partial charge in [-0.3, -0.25) is 4.79 Å². The normalized spacial score (nSPS) is 20.8. The molecule has 0 amide bonds. The van der Waals surface area contributed by atoms with Crippen molar-refractivity contribution in [3.63, 3.8) is 0 Å². The van der Waals surface area contributed by atoms with Crippen LogP contribution < -0.4 is 10.5 Å². The van der Waals surface area contributed by atoms with Crippen LogP contribution in [-0.2, 0) is 9.53 Å². The van der Waals surface area contributed by atoms with Crippen molar-refractivity contribution in [2.45, 2.75) is 32.6 Å². The average Bonchev–Trinajstić information content (AvgIpc) is 3.15. The first kappa shape index (κ1) is 18.9. The molecule has 1 aliphatic heterocycles. The second-order valence-corrected chi connectivity index (χ2v) is 8.13. The summed E-state index contributed by atoms with van der Waals surface area (Å²) >= 11 is 0. The van der Waals surface area contributed by atoms with E-state index in [9.17, 15) is 10.1 Å². The van der Waals surface area contributed by atoms with Crippen LogP contribution in [0.2, 0.25) is 0 Å².